The second-order valence-electron chi connectivity index (χ2n) is 16.1. The Bertz CT molecular complexity index is 2090. The third kappa shape index (κ3) is 13.1. The number of anilines is 1. The number of esters is 3. The first-order chi connectivity index (χ1) is 28.8. The SMILES string of the molecule is CC(=O)OCC1=C(C(=O)OC(c2ccccc2)c2ccccc2)N2C(=O)[C@@H](NC(=O)Cc3ccc(NC(=O)OC[C@@H](NC(=O)OC(C)(C)C)C(=O)OC(C)(C)C)cc3)[C@H]2SC1. The predicted molar refractivity (Wildman–Crippen MR) is 224 cm³/mol. The Morgan fingerprint density at radius 3 is 1.93 bits per heavy atom. The number of carbonyl (C=O) groups excluding carboxylic acids is 7. The van der Waals surface area contributed by atoms with Gasteiger partial charge in [-0.15, -0.1) is 11.8 Å². The van der Waals surface area contributed by atoms with E-state index in [1.165, 1.54) is 35.7 Å². The van der Waals surface area contributed by atoms with Gasteiger partial charge < -0.3 is 34.3 Å². The molecule has 17 heteroatoms. The van der Waals surface area contributed by atoms with Crippen LogP contribution < -0.4 is 16.0 Å². The average Bonchev–Trinajstić information content (AvgIpc) is 3.19. The molecule has 3 aromatic carbocycles. The molecule has 0 radical (unpaired) electrons. The highest BCUT2D eigenvalue weighted by molar-refractivity contribution is 8.00. The smallest absolute Gasteiger partial charge is 0.411 e. The van der Waals surface area contributed by atoms with Gasteiger partial charge in [0, 0.05) is 23.9 Å². The average molecular weight is 859 g/mol. The van der Waals surface area contributed by atoms with E-state index in [2.05, 4.69) is 16.0 Å². The maximum absolute atomic E-state index is 14.0. The van der Waals surface area contributed by atoms with E-state index in [0.717, 1.165) is 0 Å². The van der Waals surface area contributed by atoms with E-state index in [1.807, 2.05) is 60.7 Å². The van der Waals surface area contributed by atoms with Crippen molar-refractivity contribution in [2.45, 2.75) is 89.7 Å². The van der Waals surface area contributed by atoms with Crippen molar-refractivity contribution in [2.24, 2.45) is 0 Å². The molecule has 1 saturated heterocycles. The molecule has 2 aliphatic heterocycles. The molecular formula is C44H50N4O12S. The fourth-order valence-electron chi connectivity index (χ4n) is 6.14. The summed E-state index contributed by atoms with van der Waals surface area (Å²) in [6.45, 7) is 10.4. The van der Waals surface area contributed by atoms with Crippen LogP contribution in [0, 0.1) is 0 Å². The van der Waals surface area contributed by atoms with Crippen molar-refractivity contribution < 1.29 is 57.2 Å². The van der Waals surface area contributed by atoms with Gasteiger partial charge in [0.1, 0.15) is 41.5 Å². The molecule has 4 amide bonds. The van der Waals surface area contributed by atoms with E-state index in [-0.39, 0.29) is 24.5 Å². The highest BCUT2D eigenvalue weighted by Gasteiger charge is 2.54. The summed E-state index contributed by atoms with van der Waals surface area (Å²) in [5.74, 6) is -2.91. The van der Waals surface area contributed by atoms with Crippen molar-refractivity contribution in [3.63, 3.8) is 0 Å². The fourth-order valence-corrected chi connectivity index (χ4v) is 7.47. The Morgan fingerprint density at radius 2 is 1.38 bits per heavy atom. The highest BCUT2D eigenvalue weighted by atomic mass is 32.2. The molecule has 5 rings (SSSR count). The minimum atomic E-state index is -1.35. The zero-order valence-electron chi connectivity index (χ0n) is 35.0. The summed E-state index contributed by atoms with van der Waals surface area (Å²) in [7, 11) is 0. The molecule has 1 fully saturated rings. The van der Waals surface area contributed by atoms with Gasteiger partial charge in [-0.05, 0) is 70.4 Å². The quantitative estimate of drug-likeness (QED) is 0.103. The number of hydrogen-bond donors (Lipinski definition) is 3. The third-order valence-corrected chi connectivity index (χ3v) is 10.1. The predicted octanol–water partition coefficient (Wildman–Crippen LogP) is 5.56. The Hall–Kier alpha value is -6.36. The first-order valence-corrected chi connectivity index (χ1v) is 20.5. The number of hydrogen-bond acceptors (Lipinski definition) is 13. The largest absolute Gasteiger partial charge is 0.461 e. The number of fused-ring (bicyclic) bond motifs is 1. The van der Waals surface area contributed by atoms with E-state index in [4.69, 9.17) is 23.7 Å². The zero-order valence-corrected chi connectivity index (χ0v) is 35.8. The minimum absolute atomic E-state index is 0.0290. The lowest BCUT2D eigenvalue weighted by Gasteiger charge is -2.49. The molecule has 324 valence electrons. The van der Waals surface area contributed by atoms with Crippen LogP contribution in [0.25, 0.3) is 0 Å². The Labute approximate surface area is 358 Å². The van der Waals surface area contributed by atoms with Gasteiger partial charge in [0.05, 0.1) is 6.42 Å². The molecule has 3 aromatic rings. The summed E-state index contributed by atoms with van der Waals surface area (Å²) in [5.41, 5.74) is 0.954. The number of rotatable bonds is 14. The molecule has 0 aromatic heterocycles. The van der Waals surface area contributed by atoms with Crippen molar-refractivity contribution in [3.05, 3.63) is 113 Å². The number of alkyl carbamates (subject to hydrolysis) is 1. The summed E-state index contributed by atoms with van der Waals surface area (Å²) >= 11 is 1.32. The van der Waals surface area contributed by atoms with Gasteiger partial charge in [-0.2, -0.15) is 0 Å². The molecule has 2 heterocycles. The van der Waals surface area contributed by atoms with Crippen molar-refractivity contribution in [2.75, 3.05) is 24.3 Å². The van der Waals surface area contributed by atoms with Crippen molar-refractivity contribution in [1.29, 1.82) is 0 Å². The second-order valence-corrected chi connectivity index (χ2v) is 17.2. The van der Waals surface area contributed by atoms with Crippen LogP contribution in [0.4, 0.5) is 15.3 Å². The van der Waals surface area contributed by atoms with Gasteiger partial charge in [0.15, 0.2) is 12.1 Å². The van der Waals surface area contributed by atoms with Crippen LogP contribution in [-0.4, -0.2) is 94.4 Å². The second kappa shape index (κ2) is 19.8. The fraction of sp³-hybridized carbons (Fsp3) is 0.386. The first kappa shape index (κ1) is 45.7. The summed E-state index contributed by atoms with van der Waals surface area (Å²) in [5, 5.41) is 7.05. The molecule has 0 bridgehead atoms. The molecule has 0 spiro atoms. The number of benzene rings is 3. The van der Waals surface area contributed by atoms with Crippen LogP contribution in [0.1, 0.15) is 71.3 Å². The molecule has 0 unspecified atom stereocenters. The first-order valence-electron chi connectivity index (χ1n) is 19.4. The zero-order chi connectivity index (χ0) is 44.5. The highest BCUT2D eigenvalue weighted by Crippen LogP contribution is 2.42. The topological polar surface area (TPSA) is 205 Å². The van der Waals surface area contributed by atoms with Crippen molar-refractivity contribution >= 4 is 59.4 Å². The van der Waals surface area contributed by atoms with Crippen LogP contribution in [-0.2, 0) is 54.1 Å². The number of nitrogens with zero attached hydrogens (tertiary/aromatic N) is 1. The van der Waals surface area contributed by atoms with E-state index < -0.39 is 83.3 Å². The lowest BCUT2D eigenvalue weighted by Crippen LogP contribution is -2.70. The number of thioether (sulfide) groups is 1. The van der Waals surface area contributed by atoms with E-state index in [9.17, 15) is 33.6 Å². The minimum Gasteiger partial charge on any atom is -0.461 e. The summed E-state index contributed by atoms with van der Waals surface area (Å²) in [6, 6.07) is 22.3. The summed E-state index contributed by atoms with van der Waals surface area (Å²) in [6.07, 6.45) is -2.73. The Balaban J connectivity index is 1.19. The van der Waals surface area contributed by atoms with Crippen LogP contribution in [0.3, 0.4) is 0 Å². The maximum atomic E-state index is 14.0. The van der Waals surface area contributed by atoms with Gasteiger partial charge in [-0.25, -0.2) is 19.2 Å². The van der Waals surface area contributed by atoms with Gasteiger partial charge in [0.25, 0.3) is 5.91 Å². The maximum Gasteiger partial charge on any atom is 0.411 e. The van der Waals surface area contributed by atoms with Gasteiger partial charge >= 0.3 is 30.1 Å². The molecule has 0 saturated carbocycles. The Morgan fingerprint density at radius 1 is 0.787 bits per heavy atom. The third-order valence-electron chi connectivity index (χ3n) is 8.76. The standard InChI is InChI=1S/C44H50N4O12S/c1-26(49)56-23-30-25-61-38-34(37(51)48(38)35(30)40(53)58-36(28-14-10-8-11-15-28)29-16-12-9-13-17-29)47-33(50)22-27-18-20-31(21-19-27)45-41(54)57-24-32(39(52)59-43(2,3)4)46-42(55)60-44(5,6)7/h8-21,32,34,36,38H,22-25H2,1-7H3,(H,45,54)(H,46,55)(H,47,50)/t32-,34-,38-/m1/s1. The molecule has 16 nitrogen and oxygen atoms in total. The van der Waals surface area contributed by atoms with Crippen molar-refractivity contribution in [1.82, 2.24) is 15.5 Å². The molecule has 2 aliphatic rings. The number of β-lactam (4-membered cyclic amide) rings is 1. The summed E-state index contributed by atoms with van der Waals surface area (Å²) in [4.78, 5) is 91.8. The number of ether oxygens (including phenoxy) is 5. The molecule has 3 atom stereocenters. The normalized spacial score (nSPS) is 16.6. The number of nitrogens with one attached hydrogen (secondary N) is 3. The summed E-state index contributed by atoms with van der Waals surface area (Å²) < 4.78 is 27.2. The molecule has 3 N–H and O–H groups in total. The van der Waals surface area contributed by atoms with Gasteiger partial charge in [-0.1, -0.05) is 72.8 Å². The van der Waals surface area contributed by atoms with Crippen molar-refractivity contribution in [3.8, 4) is 0 Å². The lowest BCUT2D eigenvalue weighted by atomic mass is 10.0. The molecular weight excluding hydrogens is 809 g/mol. The van der Waals surface area contributed by atoms with Gasteiger partial charge in [0.2, 0.25) is 5.91 Å². The van der Waals surface area contributed by atoms with Crippen LogP contribution >= 0.6 is 11.8 Å². The number of amides is 4. The monoisotopic (exact) mass is 858 g/mol. The van der Waals surface area contributed by atoms with E-state index in [0.29, 0.717) is 28.0 Å². The number of carbonyl (C=O) groups is 7. The van der Waals surface area contributed by atoms with Gasteiger partial charge in [-0.3, -0.25) is 24.6 Å². The Kier molecular flexibility index (Phi) is 14.8. The lowest BCUT2D eigenvalue weighted by molar-refractivity contribution is -0.158. The molecule has 61 heavy (non-hydrogen) atoms. The van der Waals surface area contributed by atoms with E-state index >= 15 is 0 Å². The van der Waals surface area contributed by atoms with E-state index in [1.54, 1.807) is 53.7 Å². The van der Waals surface area contributed by atoms with Crippen LogP contribution in [0.15, 0.2) is 96.2 Å². The molecule has 0 aliphatic carbocycles. The van der Waals surface area contributed by atoms with Crippen LogP contribution in [0.2, 0.25) is 0 Å². The van der Waals surface area contributed by atoms with Crippen LogP contribution in [0.5, 0.6) is 0 Å².